The zero-order valence-corrected chi connectivity index (χ0v) is 15.2. The smallest absolute Gasteiger partial charge is 0.339 e. The summed E-state index contributed by atoms with van der Waals surface area (Å²) >= 11 is 0. The first-order chi connectivity index (χ1) is 12.4. The van der Waals surface area contributed by atoms with Crippen LogP contribution in [0.4, 0.5) is 4.39 Å². The van der Waals surface area contributed by atoms with Crippen molar-refractivity contribution in [1.29, 1.82) is 0 Å². The van der Waals surface area contributed by atoms with Crippen molar-refractivity contribution in [3.05, 3.63) is 65.5 Å². The number of hydrogen-bond donors (Lipinski definition) is 0. The van der Waals surface area contributed by atoms with Gasteiger partial charge in [-0.2, -0.15) is 4.31 Å². The van der Waals surface area contributed by atoms with Crippen molar-refractivity contribution in [3.63, 3.8) is 0 Å². The largest absolute Gasteiger partial charge is 0.465 e. The minimum absolute atomic E-state index is 0.00917. The molecule has 0 radical (unpaired) electrons. The number of hydrogen-bond acceptors (Lipinski definition) is 4. The summed E-state index contributed by atoms with van der Waals surface area (Å²) in [6, 6.07) is 11.8. The maximum absolute atomic E-state index is 13.3. The first-order valence-corrected chi connectivity index (χ1v) is 9.78. The number of carbonyl (C=O) groups is 1. The number of carbonyl (C=O) groups excluding carboxylic acids is 1. The number of esters is 1. The molecule has 3 rings (SSSR count). The summed E-state index contributed by atoms with van der Waals surface area (Å²) in [6.07, 6.45) is 1.96. The molecule has 0 aromatic heterocycles. The van der Waals surface area contributed by atoms with Gasteiger partial charge in [0.1, 0.15) is 5.82 Å². The molecule has 5 nitrogen and oxygen atoms in total. The van der Waals surface area contributed by atoms with Crippen molar-refractivity contribution in [2.45, 2.75) is 24.3 Å². The van der Waals surface area contributed by atoms with Crippen LogP contribution in [0.5, 0.6) is 0 Å². The Kier molecular flexibility index (Phi) is 5.38. The van der Waals surface area contributed by atoms with E-state index >= 15 is 0 Å². The van der Waals surface area contributed by atoms with Crippen LogP contribution < -0.4 is 0 Å². The maximum atomic E-state index is 13.3. The summed E-state index contributed by atoms with van der Waals surface area (Å²) in [5.74, 6) is -0.755. The molecule has 0 bridgehead atoms. The van der Waals surface area contributed by atoms with Crippen molar-refractivity contribution in [3.8, 4) is 0 Å². The Balaban J connectivity index is 1.97. The standard InChI is InChI=1S/C19H20FNO4S/c1-25-19(22)17-4-2-3-5-18(17)26(23,24)21(12-14-6-7-14)13-15-8-10-16(20)11-9-15/h2-5,8-11,14H,6-7,12-13H2,1H3. The predicted octanol–water partition coefficient (Wildman–Crippen LogP) is 3.21. The lowest BCUT2D eigenvalue weighted by Crippen LogP contribution is -2.33. The Morgan fingerprint density at radius 3 is 2.42 bits per heavy atom. The third-order valence-corrected chi connectivity index (χ3v) is 6.21. The molecule has 0 amide bonds. The molecular formula is C19H20FNO4S. The third-order valence-electron chi connectivity index (χ3n) is 4.34. The molecule has 1 aliphatic carbocycles. The first-order valence-electron chi connectivity index (χ1n) is 8.33. The van der Waals surface area contributed by atoms with E-state index in [-0.39, 0.29) is 22.8 Å². The fraction of sp³-hybridized carbons (Fsp3) is 0.316. The Labute approximate surface area is 152 Å². The van der Waals surface area contributed by atoms with Crippen molar-refractivity contribution in [2.75, 3.05) is 13.7 Å². The molecular weight excluding hydrogens is 357 g/mol. The highest BCUT2D eigenvalue weighted by Gasteiger charge is 2.34. The van der Waals surface area contributed by atoms with E-state index < -0.39 is 16.0 Å². The second-order valence-electron chi connectivity index (χ2n) is 6.36. The number of methoxy groups -OCH3 is 1. The van der Waals surface area contributed by atoms with Crippen molar-refractivity contribution in [1.82, 2.24) is 4.31 Å². The van der Waals surface area contributed by atoms with Crippen LogP contribution in [-0.4, -0.2) is 32.3 Å². The molecule has 0 atom stereocenters. The highest BCUT2D eigenvalue weighted by Crippen LogP contribution is 2.33. The number of benzene rings is 2. The summed E-state index contributed by atoms with van der Waals surface area (Å²) in [5.41, 5.74) is 0.695. The number of rotatable bonds is 7. The minimum atomic E-state index is -3.91. The lowest BCUT2D eigenvalue weighted by Gasteiger charge is -2.23. The van der Waals surface area contributed by atoms with E-state index in [9.17, 15) is 17.6 Å². The molecule has 1 fully saturated rings. The molecule has 0 heterocycles. The van der Waals surface area contributed by atoms with E-state index in [0.29, 0.717) is 18.0 Å². The summed E-state index contributed by atoms with van der Waals surface area (Å²) in [6.45, 7) is 0.490. The fourth-order valence-corrected chi connectivity index (χ4v) is 4.42. The second-order valence-corrected chi connectivity index (χ2v) is 8.26. The van der Waals surface area contributed by atoms with Gasteiger partial charge in [0.2, 0.25) is 10.0 Å². The van der Waals surface area contributed by atoms with Crippen LogP contribution in [0, 0.1) is 11.7 Å². The van der Waals surface area contributed by atoms with E-state index in [1.54, 1.807) is 24.3 Å². The quantitative estimate of drug-likeness (QED) is 0.695. The predicted molar refractivity (Wildman–Crippen MR) is 94.5 cm³/mol. The zero-order chi connectivity index (χ0) is 18.7. The SMILES string of the molecule is COC(=O)c1ccccc1S(=O)(=O)N(Cc1ccc(F)cc1)CC1CC1. The highest BCUT2D eigenvalue weighted by molar-refractivity contribution is 7.89. The van der Waals surface area contributed by atoms with E-state index in [4.69, 9.17) is 4.74 Å². The summed E-state index contributed by atoms with van der Waals surface area (Å²) in [4.78, 5) is 11.9. The van der Waals surface area contributed by atoms with Gasteiger partial charge in [-0.1, -0.05) is 24.3 Å². The van der Waals surface area contributed by atoms with Gasteiger partial charge in [0.05, 0.1) is 17.6 Å². The Morgan fingerprint density at radius 2 is 1.81 bits per heavy atom. The lowest BCUT2D eigenvalue weighted by atomic mass is 10.2. The highest BCUT2D eigenvalue weighted by atomic mass is 32.2. The van der Waals surface area contributed by atoms with Crippen LogP contribution in [0.3, 0.4) is 0 Å². The van der Waals surface area contributed by atoms with Gasteiger partial charge in [-0.25, -0.2) is 17.6 Å². The summed E-state index contributed by atoms with van der Waals surface area (Å²) in [5, 5.41) is 0. The number of sulfonamides is 1. The van der Waals surface area contributed by atoms with Gasteiger partial charge in [-0.05, 0) is 48.6 Å². The van der Waals surface area contributed by atoms with E-state index in [1.165, 1.54) is 35.7 Å². The molecule has 2 aromatic carbocycles. The van der Waals surface area contributed by atoms with Crippen molar-refractivity contribution < 1.29 is 22.3 Å². The van der Waals surface area contributed by atoms with Crippen LogP contribution in [0.25, 0.3) is 0 Å². The first kappa shape index (κ1) is 18.5. The van der Waals surface area contributed by atoms with Gasteiger partial charge >= 0.3 is 5.97 Å². The number of halogens is 1. The van der Waals surface area contributed by atoms with Crippen molar-refractivity contribution in [2.24, 2.45) is 5.92 Å². The van der Waals surface area contributed by atoms with E-state index in [0.717, 1.165) is 12.8 Å². The molecule has 0 spiro atoms. The zero-order valence-electron chi connectivity index (χ0n) is 14.4. The summed E-state index contributed by atoms with van der Waals surface area (Å²) < 4.78 is 45.7. The van der Waals surface area contributed by atoms with Crippen LogP contribution >= 0.6 is 0 Å². The molecule has 0 N–H and O–H groups in total. The maximum Gasteiger partial charge on any atom is 0.339 e. The van der Waals surface area contributed by atoms with E-state index in [2.05, 4.69) is 0 Å². The van der Waals surface area contributed by atoms with Crippen molar-refractivity contribution >= 4 is 16.0 Å². The molecule has 1 aliphatic rings. The number of nitrogens with zero attached hydrogens (tertiary/aromatic N) is 1. The fourth-order valence-electron chi connectivity index (χ4n) is 2.74. The minimum Gasteiger partial charge on any atom is -0.465 e. The van der Waals surface area contributed by atoms with E-state index in [1.807, 2.05) is 0 Å². The van der Waals surface area contributed by atoms with Gasteiger partial charge in [-0.15, -0.1) is 0 Å². The molecule has 0 saturated heterocycles. The van der Waals surface area contributed by atoms with Crippen LogP contribution in [0.2, 0.25) is 0 Å². The normalized spacial score (nSPS) is 14.4. The Morgan fingerprint density at radius 1 is 1.15 bits per heavy atom. The average Bonchev–Trinajstić information content (AvgIpc) is 3.46. The lowest BCUT2D eigenvalue weighted by molar-refractivity contribution is 0.0596. The molecule has 7 heteroatoms. The van der Waals surface area contributed by atoms with Gasteiger partial charge in [-0.3, -0.25) is 0 Å². The second kappa shape index (κ2) is 7.55. The average molecular weight is 377 g/mol. The monoisotopic (exact) mass is 377 g/mol. The Bertz CT molecular complexity index is 892. The topological polar surface area (TPSA) is 63.7 Å². The van der Waals surface area contributed by atoms with Gasteiger partial charge in [0.25, 0.3) is 0 Å². The summed E-state index contributed by atoms with van der Waals surface area (Å²) in [7, 11) is -2.70. The van der Waals surface area contributed by atoms with Crippen LogP contribution in [0.1, 0.15) is 28.8 Å². The van der Waals surface area contributed by atoms with Crippen LogP contribution in [0.15, 0.2) is 53.4 Å². The van der Waals surface area contributed by atoms with Crippen LogP contribution in [-0.2, 0) is 21.3 Å². The third kappa shape index (κ3) is 4.11. The molecule has 2 aromatic rings. The van der Waals surface area contributed by atoms with Gasteiger partial charge in [0.15, 0.2) is 0 Å². The molecule has 138 valence electrons. The number of ether oxygens (including phenoxy) is 1. The molecule has 0 unspecified atom stereocenters. The molecule has 26 heavy (non-hydrogen) atoms. The van der Waals surface area contributed by atoms with Gasteiger partial charge < -0.3 is 4.74 Å². The molecule has 0 aliphatic heterocycles. The Hall–Kier alpha value is -2.25. The molecule has 1 saturated carbocycles. The van der Waals surface area contributed by atoms with Gasteiger partial charge in [0, 0.05) is 13.1 Å².